The minimum atomic E-state index is -0.400. The number of fused-ring (bicyclic) bond motifs is 3. The number of nitrogens with one attached hydrogen (secondary N) is 1. The van der Waals surface area contributed by atoms with Crippen LogP contribution in [0, 0.1) is 0 Å². The lowest BCUT2D eigenvalue weighted by molar-refractivity contribution is -0.143. The van der Waals surface area contributed by atoms with Gasteiger partial charge in [-0.2, -0.15) is 0 Å². The summed E-state index contributed by atoms with van der Waals surface area (Å²) in [4.78, 5) is 24.4. The zero-order valence-electron chi connectivity index (χ0n) is 17.1. The van der Waals surface area contributed by atoms with Crippen molar-refractivity contribution >= 4 is 23.0 Å². The number of amides is 1. The third-order valence-corrected chi connectivity index (χ3v) is 5.50. The second-order valence-electron chi connectivity index (χ2n) is 7.48. The topological polar surface area (TPSA) is 69.6 Å². The molecule has 1 aromatic heterocycles. The van der Waals surface area contributed by atoms with E-state index in [1.165, 1.54) is 5.56 Å². The van der Waals surface area contributed by atoms with Crippen LogP contribution < -0.4 is 5.32 Å². The molecule has 1 amide bonds. The van der Waals surface area contributed by atoms with E-state index in [9.17, 15) is 9.59 Å². The van der Waals surface area contributed by atoms with Crippen LogP contribution in [0.2, 0.25) is 0 Å². The average molecular weight is 406 g/mol. The van der Waals surface area contributed by atoms with Gasteiger partial charge in [0.15, 0.2) is 0 Å². The van der Waals surface area contributed by atoms with E-state index in [4.69, 9.17) is 9.47 Å². The van der Waals surface area contributed by atoms with Crippen molar-refractivity contribution < 1.29 is 19.1 Å². The van der Waals surface area contributed by atoms with Crippen molar-refractivity contribution in [2.45, 2.75) is 45.4 Å². The van der Waals surface area contributed by atoms with Crippen LogP contribution in [0.15, 0.2) is 54.6 Å². The number of para-hydroxylation sites is 1. The van der Waals surface area contributed by atoms with Crippen molar-refractivity contribution in [3.05, 3.63) is 71.4 Å². The summed E-state index contributed by atoms with van der Waals surface area (Å²) in [7, 11) is 0. The fourth-order valence-electron chi connectivity index (χ4n) is 4.17. The molecule has 0 unspecified atom stereocenters. The van der Waals surface area contributed by atoms with Crippen LogP contribution in [0.4, 0.5) is 4.79 Å². The molecule has 0 spiro atoms. The summed E-state index contributed by atoms with van der Waals surface area (Å²) in [6, 6.07) is 17.7. The summed E-state index contributed by atoms with van der Waals surface area (Å²) < 4.78 is 12.6. The SMILES string of the molecule is CCOC(=O)Cn1c2c(c3ccccc31)C[C@@H](NC(=O)OCc1ccccc1)CC2. The first-order valence-electron chi connectivity index (χ1n) is 10.4. The highest BCUT2D eigenvalue weighted by Crippen LogP contribution is 2.32. The first kappa shape index (κ1) is 20.0. The second kappa shape index (κ2) is 9.03. The third kappa shape index (κ3) is 4.32. The van der Waals surface area contributed by atoms with Crippen LogP contribution in [0.5, 0.6) is 0 Å². The Morgan fingerprint density at radius 3 is 2.63 bits per heavy atom. The summed E-state index contributed by atoms with van der Waals surface area (Å²) >= 11 is 0. The molecule has 1 aliphatic carbocycles. The number of nitrogens with zero attached hydrogens (tertiary/aromatic N) is 1. The predicted molar refractivity (Wildman–Crippen MR) is 114 cm³/mol. The minimum absolute atomic E-state index is 0.00243. The van der Waals surface area contributed by atoms with E-state index in [-0.39, 0.29) is 25.2 Å². The van der Waals surface area contributed by atoms with Gasteiger partial charge in [0.2, 0.25) is 0 Å². The summed E-state index contributed by atoms with van der Waals surface area (Å²) in [5.74, 6) is -0.231. The summed E-state index contributed by atoms with van der Waals surface area (Å²) in [5, 5.41) is 4.13. The lowest BCUT2D eigenvalue weighted by Crippen LogP contribution is -2.39. The lowest BCUT2D eigenvalue weighted by Gasteiger charge is -2.24. The van der Waals surface area contributed by atoms with Crippen molar-refractivity contribution in [1.29, 1.82) is 0 Å². The lowest BCUT2D eigenvalue weighted by atomic mass is 9.91. The standard InChI is InChI=1S/C24H26N2O4/c1-2-29-23(27)15-26-21-11-7-6-10-19(21)20-14-18(12-13-22(20)26)25-24(28)30-16-17-8-4-3-5-9-17/h3-11,18H,2,12-16H2,1H3,(H,25,28)/t18-/m0/s1. The van der Waals surface area contributed by atoms with E-state index in [0.29, 0.717) is 13.0 Å². The number of alkyl carbamates (subject to hydrolysis) is 1. The Balaban J connectivity index is 1.47. The Labute approximate surface area is 175 Å². The fraction of sp³-hybridized carbons (Fsp3) is 0.333. The molecule has 30 heavy (non-hydrogen) atoms. The molecule has 3 aromatic rings. The Morgan fingerprint density at radius 1 is 1.07 bits per heavy atom. The molecule has 1 heterocycles. The van der Waals surface area contributed by atoms with Crippen LogP contribution in [-0.2, 0) is 40.3 Å². The normalized spacial score (nSPS) is 15.4. The van der Waals surface area contributed by atoms with Gasteiger partial charge in [0, 0.05) is 22.6 Å². The molecule has 0 aliphatic heterocycles. The van der Waals surface area contributed by atoms with Crippen LogP contribution in [0.25, 0.3) is 10.9 Å². The van der Waals surface area contributed by atoms with Crippen molar-refractivity contribution in [2.75, 3.05) is 6.61 Å². The van der Waals surface area contributed by atoms with Gasteiger partial charge >= 0.3 is 12.1 Å². The van der Waals surface area contributed by atoms with E-state index >= 15 is 0 Å². The maximum atomic E-state index is 12.3. The predicted octanol–water partition coefficient (Wildman–Crippen LogP) is 3.99. The fourth-order valence-corrected chi connectivity index (χ4v) is 4.17. The number of carbonyl (C=O) groups is 2. The Kier molecular flexibility index (Phi) is 6.02. The number of carbonyl (C=O) groups excluding carboxylic acids is 2. The van der Waals surface area contributed by atoms with E-state index in [2.05, 4.69) is 16.0 Å². The maximum absolute atomic E-state index is 12.3. The number of aromatic nitrogens is 1. The van der Waals surface area contributed by atoms with Gasteiger partial charge in [0.1, 0.15) is 13.2 Å². The smallest absolute Gasteiger partial charge is 0.407 e. The number of ether oxygens (including phenoxy) is 2. The van der Waals surface area contributed by atoms with Crippen LogP contribution in [0.3, 0.4) is 0 Å². The summed E-state index contributed by atoms with van der Waals surface area (Å²) in [6.07, 6.45) is 1.90. The first-order valence-corrected chi connectivity index (χ1v) is 10.4. The zero-order chi connectivity index (χ0) is 20.9. The number of rotatable bonds is 6. The molecule has 6 heteroatoms. The first-order chi connectivity index (χ1) is 14.7. The zero-order valence-corrected chi connectivity index (χ0v) is 17.1. The maximum Gasteiger partial charge on any atom is 0.407 e. The van der Waals surface area contributed by atoms with E-state index < -0.39 is 6.09 Å². The monoisotopic (exact) mass is 406 g/mol. The van der Waals surface area contributed by atoms with Gasteiger partial charge in [-0.3, -0.25) is 4.79 Å². The molecule has 1 aliphatic rings. The minimum Gasteiger partial charge on any atom is -0.465 e. The number of benzene rings is 2. The van der Waals surface area contributed by atoms with Crippen molar-refractivity contribution in [1.82, 2.24) is 9.88 Å². The van der Waals surface area contributed by atoms with E-state index in [1.54, 1.807) is 0 Å². The molecule has 156 valence electrons. The highest BCUT2D eigenvalue weighted by atomic mass is 16.5. The third-order valence-electron chi connectivity index (χ3n) is 5.50. The molecule has 0 radical (unpaired) electrons. The molecule has 0 saturated heterocycles. The van der Waals surface area contributed by atoms with Gasteiger partial charge in [0.25, 0.3) is 0 Å². The Hall–Kier alpha value is -3.28. The number of esters is 1. The van der Waals surface area contributed by atoms with Crippen LogP contribution >= 0.6 is 0 Å². The average Bonchev–Trinajstić information content (AvgIpc) is 3.06. The molecule has 6 nitrogen and oxygen atoms in total. The van der Waals surface area contributed by atoms with Crippen LogP contribution in [0.1, 0.15) is 30.2 Å². The number of hydrogen-bond donors (Lipinski definition) is 1. The van der Waals surface area contributed by atoms with Crippen molar-refractivity contribution in [2.24, 2.45) is 0 Å². The van der Waals surface area contributed by atoms with Gasteiger partial charge in [-0.15, -0.1) is 0 Å². The quantitative estimate of drug-likeness (QED) is 0.629. The van der Waals surface area contributed by atoms with Crippen molar-refractivity contribution in [3.63, 3.8) is 0 Å². The molecular formula is C24H26N2O4. The van der Waals surface area contributed by atoms with Crippen molar-refractivity contribution in [3.8, 4) is 0 Å². The van der Waals surface area contributed by atoms with Gasteiger partial charge in [-0.25, -0.2) is 4.79 Å². The molecule has 0 saturated carbocycles. The largest absolute Gasteiger partial charge is 0.465 e. The highest BCUT2D eigenvalue weighted by molar-refractivity contribution is 5.87. The van der Waals surface area contributed by atoms with Crippen LogP contribution in [-0.4, -0.2) is 29.3 Å². The van der Waals surface area contributed by atoms with E-state index in [0.717, 1.165) is 35.0 Å². The van der Waals surface area contributed by atoms with Gasteiger partial charge < -0.3 is 19.4 Å². The second-order valence-corrected chi connectivity index (χ2v) is 7.48. The summed E-state index contributed by atoms with van der Waals surface area (Å²) in [5.41, 5.74) is 4.33. The molecule has 0 bridgehead atoms. The number of hydrogen-bond acceptors (Lipinski definition) is 4. The highest BCUT2D eigenvalue weighted by Gasteiger charge is 2.27. The Morgan fingerprint density at radius 2 is 1.83 bits per heavy atom. The molecule has 1 atom stereocenters. The molecule has 2 aromatic carbocycles. The molecular weight excluding hydrogens is 380 g/mol. The van der Waals surface area contributed by atoms with E-state index in [1.807, 2.05) is 55.5 Å². The molecule has 0 fully saturated rings. The summed E-state index contributed by atoms with van der Waals surface area (Å²) in [6.45, 7) is 2.65. The van der Waals surface area contributed by atoms with Gasteiger partial charge in [-0.1, -0.05) is 48.5 Å². The molecule has 4 rings (SSSR count). The Bertz CT molecular complexity index is 1040. The molecule has 1 N–H and O–H groups in total. The van der Waals surface area contributed by atoms with Gasteiger partial charge in [0.05, 0.1) is 6.61 Å². The van der Waals surface area contributed by atoms with Gasteiger partial charge in [-0.05, 0) is 43.4 Å².